The van der Waals surface area contributed by atoms with Gasteiger partial charge in [-0.1, -0.05) is 40.5 Å². The van der Waals surface area contributed by atoms with Crippen molar-refractivity contribution < 1.29 is 0 Å². The van der Waals surface area contributed by atoms with Gasteiger partial charge in [-0.2, -0.15) is 11.8 Å². The van der Waals surface area contributed by atoms with E-state index in [4.69, 9.17) is 0 Å². The zero-order valence-electron chi connectivity index (χ0n) is 8.39. The molecule has 0 saturated carbocycles. The lowest BCUT2D eigenvalue weighted by molar-refractivity contribution is 0.634. The number of hydrogen-bond acceptors (Lipinski definition) is 1. The average molecular weight is 174 g/mol. The second-order valence-corrected chi connectivity index (χ2v) is 4.92. The van der Waals surface area contributed by atoms with Crippen LogP contribution in [0.25, 0.3) is 0 Å². The zero-order valence-corrected chi connectivity index (χ0v) is 9.21. The molecular formula is C10H22S. The third-order valence-electron chi connectivity index (χ3n) is 2.06. The van der Waals surface area contributed by atoms with Crippen LogP contribution in [0.3, 0.4) is 0 Å². The summed E-state index contributed by atoms with van der Waals surface area (Å²) in [6.07, 6.45) is 4.03. The summed E-state index contributed by atoms with van der Waals surface area (Å²) in [5.74, 6) is 2.25. The van der Waals surface area contributed by atoms with Gasteiger partial charge in [-0.05, 0) is 18.1 Å². The molecule has 0 N–H and O–H groups in total. The molecule has 0 aliphatic carbocycles. The van der Waals surface area contributed by atoms with Crippen molar-refractivity contribution in [3.05, 3.63) is 0 Å². The molecule has 0 aromatic carbocycles. The highest BCUT2D eigenvalue weighted by atomic mass is 32.2. The maximum absolute atomic E-state index is 2.34. The van der Waals surface area contributed by atoms with Gasteiger partial charge < -0.3 is 0 Å². The second kappa shape index (κ2) is 7.02. The predicted molar refractivity (Wildman–Crippen MR) is 56.3 cm³/mol. The SMILES string of the molecule is CCCC(C)SCC(C)CC. The van der Waals surface area contributed by atoms with Gasteiger partial charge in [0.2, 0.25) is 0 Å². The molecule has 0 amide bonds. The fourth-order valence-corrected chi connectivity index (χ4v) is 2.23. The van der Waals surface area contributed by atoms with Gasteiger partial charge in [-0.3, -0.25) is 0 Å². The van der Waals surface area contributed by atoms with Gasteiger partial charge in [0.25, 0.3) is 0 Å². The van der Waals surface area contributed by atoms with E-state index in [0.717, 1.165) is 11.2 Å². The van der Waals surface area contributed by atoms with Gasteiger partial charge in [-0.15, -0.1) is 0 Å². The van der Waals surface area contributed by atoms with E-state index in [1.165, 1.54) is 25.0 Å². The molecule has 0 spiro atoms. The lowest BCUT2D eigenvalue weighted by Gasteiger charge is -2.12. The molecule has 0 radical (unpaired) electrons. The first-order valence-electron chi connectivity index (χ1n) is 4.82. The van der Waals surface area contributed by atoms with E-state index in [1.807, 2.05) is 0 Å². The Morgan fingerprint density at radius 3 is 2.27 bits per heavy atom. The minimum Gasteiger partial charge on any atom is -0.159 e. The highest BCUT2D eigenvalue weighted by Crippen LogP contribution is 2.19. The molecule has 0 fully saturated rings. The lowest BCUT2D eigenvalue weighted by atomic mass is 10.2. The highest BCUT2D eigenvalue weighted by Gasteiger charge is 2.03. The summed E-state index contributed by atoms with van der Waals surface area (Å²) in [4.78, 5) is 0. The second-order valence-electron chi connectivity index (χ2n) is 3.45. The molecule has 0 aliphatic rings. The smallest absolute Gasteiger partial charge is 0.00187 e. The topological polar surface area (TPSA) is 0 Å². The van der Waals surface area contributed by atoms with E-state index in [1.54, 1.807) is 0 Å². The summed E-state index contributed by atoms with van der Waals surface area (Å²) in [6.45, 7) is 9.22. The summed E-state index contributed by atoms with van der Waals surface area (Å²) < 4.78 is 0. The van der Waals surface area contributed by atoms with Crippen LogP contribution in [-0.2, 0) is 0 Å². The minimum atomic E-state index is 0.869. The van der Waals surface area contributed by atoms with Crippen molar-refractivity contribution in [1.82, 2.24) is 0 Å². The Morgan fingerprint density at radius 2 is 1.82 bits per heavy atom. The van der Waals surface area contributed by atoms with E-state index in [9.17, 15) is 0 Å². The molecule has 0 bridgehead atoms. The summed E-state index contributed by atoms with van der Waals surface area (Å²) in [6, 6.07) is 0. The van der Waals surface area contributed by atoms with E-state index in [2.05, 4.69) is 39.5 Å². The quantitative estimate of drug-likeness (QED) is 0.587. The van der Waals surface area contributed by atoms with Crippen molar-refractivity contribution in [2.75, 3.05) is 5.75 Å². The van der Waals surface area contributed by atoms with Crippen LogP contribution in [0.1, 0.15) is 47.0 Å². The summed E-state index contributed by atoms with van der Waals surface area (Å²) in [5, 5.41) is 0.869. The normalized spacial score (nSPS) is 16.4. The van der Waals surface area contributed by atoms with Crippen molar-refractivity contribution in [3.8, 4) is 0 Å². The largest absolute Gasteiger partial charge is 0.159 e. The average Bonchev–Trinajstić information content (AvgIpc) is 2.01. The van der Waals surface area contributed by atoms with Gasteiger partial charge in [0.05, 0.1) is 0 Å². The molecule has 0 rings (SSSR count). The molecule has 0 heterocycles. The van der Waals surface area contributed by atoms with Gasteiger partial charge in [-0.25, -0.2) is 0 Å². The number of rotatable bonds is 6. The first-order valence-corrected chi connectivity index (χ1v) is 5.87. The molecule has 0 aliphatic heterocycles. The Hall–Kier alpha value is 0.350. The Bertz CT molecular complexity index is 80.9. The van der Waals surface area contributed by atoms with Crippen LogP contribution in [0.5, 0.6) is 0 Å². The Balaban J connectivity index is 3.22. The van der Waals surface area contributed by atoms with Crippen LogP contribution in [0.2, 0.25) is 0 Å². The van der Waals surface area contributed by atoms with Crippen LogP contribution in [0.4, 0.5) is 0 Å². The third-order valence-corrected chi connectivity index (χ3v) is 3.62. The maximum atomic E-state index is 2.34. The van der Waals surface area contributed by atoms with Gasteiger partial charge in [0.15, 0.2) is 0 Å². The van der Waals surface area contributed by atoms with E-state index < -0.39 is 0 Å². The van der Waals surface area contributed by atoms with Crippen LogP contribution in [0, 0.1) is 5.92 Å². The molecule has 0 aromatic rings. The summed E-state index contributed by atoms with van der Waals surface area (Å²) in [7, 11) is 0. The van der Waals surface area contributed by atoms with Gasteiger partial charge in [0.1, 0.15) is 0 Å². The highest BCUT2D eigenvalue weighted by molar-refractivity contribution is 7.99. The van der Waals surface area contributed by atoms with Crippen LogP contribution >= 0.6 is 11.8 Å². The molecule has 11 heavy (non-hydrogen) atoms. The maximum Gasteiger partial charge on any atom is 0.00187 e. The summed E-state index contributed by atoms with van der Waals surface area (Å²) in [5.41, 5.74) is 0. The van der Waals surface area contributed by atoms with Crippen molar-refractivity contribution in [2.45, 2.75) is 52.2 Å². The third kappa shape index (κ3) is 6.74. The molecule has 68 valence electrons. The molecule has 1 heteroatoms. The van der Waals surface area contributed by atoms with Crippen LogP contribution in [-0.4, -0.2) is 11.0 Å². The van der Waals surface area contributed by atoms with Gasteiger partial charge >= 0.3 is 0 Å². The fourth-order valence-electron chi connectivity index (χ4n) is 0.936. The lowest BCUT2D eigenvalue weighted by Crippen LogP contribution is -2.02. The van der Waals surface area contributed by atoms with Crippen molar-refractivity contribution in [2.24, 2.45) is 5.92 Å². The number of thioether (sulfide) groups is 1. The van der Waals surface area contributed by atoms with E-state index >= 15 is 0 Å². The minimum absolute atomic E-state index is 0.869. The first-order chi connectivity index (χ1) is 5.20. The van der Waals surface area contributed by atoms with E-state index in [0.29, 0.717) is 0 Å². The van der Waals surface area contributed by atoms with Crippen LogP contribution in [0.15, 0.2) is 0 Å². The first kappa shape index (κ1) is 11.4. The molecule has 2 atom stereocenters. The van der Waals surface area contributed by atoms with Crippen molar-refractivity contribution in [1.29, 1.82) is 0 Å². The predicted octanol–water partition coefficient (Wildman–Crippen LogP) is 3.95. The van der Waals surface area contributed by atoms with Crippen LogP contribution < -0.4 is 0 Å². The summed E-state index contributed by atoms with van der Waals surface area (Å²) >= 11 is 2.13. The standard InChI is InChI=1S/C10H22S/c1-5-7-10(4)11-8-9(3)6-2/h9-10H,5-8H2,1-4H3. The molecule has 0 saturated heterocycles. The molecule has 2 unspecified atom stereocenters. The fraction of sp³-hybridized carbons (Fsp3) is 1.00. The zero-order chi connectivity index (χ0) is 8.69. The van der Waals surface area contributed by atoms with Gasteiger partial charge in [0, 0.05) is 5.25 Å². The van der Waals surface area contributed by atoms with Crippen molar-refractivity contribution in [3.63, 3.8) is 0 Å². The Kier molecular flexibility index (Phi) is 7.25. The number of hydrogen-bond donors (Lipinski definition) is 0. The Labute approximate surface area is 76.1 Å². The van der Waals surface area contributed by atoms with Crippen molar-refractivity contribution >= 4 is 11.8 Å². The van der Waals surface area contributed by atoms with E-state index in [-0.39, 0.29) is 0 Å². The molecule has 0 aromatic heterocycles. The Morgan fingerprint density at radius 1 is 1.18 bits per heavy atom. The monoisotopic (exact) mass is 174 g/mol. The molecular weight excluding hydrogens is 152 g/mol. The molecule has 0 nitrogen and oxygen atoms in total.